The van der Waals surface area contributed by atoms with Crippen molar-refractivity contribution in [1.82, 2.24) is 15.5 Å². The lowest BCUT2D eigenvalue weighted by Crippen LogP contribution is -2.56. The highest BCUT2D eigenvalue weighted by Gasteiger charge is 2.43. The Hall–Kier alpha value is -3.06. The summed E-state index contributed by atoms with van der Waals surface area (Å²) < 4.78 is 13.9. The number of aliphatic hydroxyl groups excluding tert-OH is 1. The number of amides is 3. The van der Waals surface area contributed by atoms with Crippen molar-refractivity contribution in [1.29, 1.82) is 0 Å². The molecule has 1 aromatic carbocycles. The molecule has 0 spiro atoms. The van der Waals surface area contributed by atoms with Crippen LogP contribution in [0.5, 0.6) is 0 Å². The molecule has 11 nitrogen and oxygen atoms in total. The second kappa shape index (κ2) is 14.0. The number of nitrogens with zero attached hydrogens (tertiary/aromatic N) is 2. The van der Waals surface area contributed by atoms with Gasteiger partial charge >= 0.3 is 0 Å². The van der Waals surface area contributed by atoms with Crippen LogP contribution in [0.25, 0.3) is 0 Å². The minimum absolute atomic E-state index is 0.0619. The molecule has 204 valence electrons. The fourth-order valence-electron chi connectivity index (χ4n) is 4.00. The molecule has 1 saturated heterocycles. The average Bonchev–Trinajstić information content (AvgIpc) is 3.25. The number of β-amino-alcohol motifs (C(OH)–C–C–N with tert-alkyl or cyclic N) is 1. The number of Topliss-reactive ketones (excluding diaryl/α,β-unsaturated/α-hetero) is 1. The van der Waals surface area contributed by atoms with Crippen LogP contribution in [-0.4, -0.2) is 83.5 Å². The van der Waals surface area contributed by atoms with Gasteiger partial charge in [-0.15, -0.1) is 0 Å². The SMILES string of the molecule is CC(C)C(NC(=O)c1ccc(Br)cc1)C(=O)N1CC(O)CC1C(=O)NC(CCCN=C(N)N)C(=O)CF. The predicted octanol–water partition coefficient (Wildman–Crippen LogP) is 0.242. The van der Waals surface area contributed by atoms with Crippen LogP contribution < -0.4 is 22.1 Å². The summed E-state index contributed by atoms with van der Waals surface area (Å²) in [4.78, 5) is 56.4. The maximum atomic E-state index is 13.5. The van der Waals surface area contributed by atoms with Gasteiger partial charge in [-0.3, -0.25) is 24.2 Å². The van der Waals surface area contributed by atoms with Crippen molar-refractivity contribution in [2.45, 2.75) is 57.3 Å². The number of hydrogen-bond acceptors (Lipinski definition) is 6. The Morgan fingerprint density at radius 3 is 2.41 bits per heavy atom. The molecule has 0 aromatic heterocycles. The third-order valence-electron chi connectivity index (χ3n) is 5.97. The van der Waals surface area contributed by atoms with E-state index in [2.05, 4.69) is 31.6 Å². The molecule has 1 aromatic rings. The number of alkyl halides is 1. The Balaban J connectivity index is 2.15. The second-order valence-corrected chi connectivity index (χ2v) is 10.1. The smallest absolute Gasteiger partial charge is 0.251 e. The number of nitrogens with two attached hydrogens (primary N) is 2. The van der Waals surface area contributed by atoms with E-state index in [0.29, 0.717) is 12.0 Å². The van der Waals surface area contributed by atoms with Crippen LogP contribution >= 0.6 is 15.9 Å². The highest BCUT2D eigenvalue weighted by Crippen LogP contribution is 2.22. The first-order valence-corrected chi connectivity index (χ1v) is 12.7. The summed E-state index contributed by atoms with van der Waals surface area (Å²) in [7, 11) is 0. The molecule has 4 unspecified atom stereocenters. The Labute approximate surface area is 223 Å². The van der Waals surface area contributed by atoms with E-state index >= 15 is 0 Å². The summed E-state index contributed by atoms with van der Waals surface area (Å²) in [5, 5.41) is 15.5. The topological polar surface area (TPSA) is 180 Å². The number of carbonyl (C=O) groups excluding carboxylic acids is 4. The van der Waals surface area contributed by atoms with Crippen molar-refractivity contribution >= 4 is 45.4 Å². The van der Waals surface area contributed by atoms with Crippen molar-refractivity contribution in [2.75, 3.05) is 19.8 Å². The lowest BCUT2D eigenvalue weighted by Gasteiger charge is -2.31. The first-order valence-electron chi connectivity index (χ1n) is 11.9. The Morgan fingerprint density at radius 1 is 1.19 bits per heavy atom. The number of benzene rings is 1. The van der Waals surface area contributed by atoms with E-state index in [4.69, 9.17) is 11.5 Å². The maximum absolute atomic E-state index is 13.5. The van der Waals surface area contributed by atoms with Crippen molar-refractivity contribution in [3.8, 4) is 0 Å². The fraction of sp³-hybridized carbons (Fsp3) is 0.542. The van der Waals surface area contributed by atoms with Crippen LogP contribution in [0.1, 0.15) is 43.5 Å². The van der Waals surface area contributed by atoms with E-state index in [-0.39, 0.29) is 37.8 Å². The molecule has 7 N–H and O–H groups in total. The van der Waals surface area contributed by atoms with Crippen LogP contribution in [0, 0.1) is 5.92 Å². The van der Waals surface area contributed by atoms with Gasteiger partial charge in [0, 0.05) is 29.5 Å². The third kappa shape index (κ3) is 8.78. The van der Waals surface area contributed by atoms with Crippen LogP contribution in [0.4, 0.5) is 4.39 Å². The minimum atomic E-state index is -1.28. The molecule has 1 heterocycles. The predicted molar refractivity (Wildman–Crippen MR) is 139 cm³/mol. The van der Waals surface area contributed by atoms with Gasteiger partial charge in [0.15, 0.2) is 11.7 Å². The highest BCUT2D eigenvalue weighted by atomic mass is 79.9. The van der Waals surface area contributed by atoms with Crippen molar-refractivity contribution in [3.63, 3.8) is 0 Å². The van der Waals surface area contributed by atoms with E-state index in [1.165, 1.54) is 4.90 Å². The van der Waals surface area contributed by atoms with Gasteiger partial charge in [0.2, 0.25) is 11.8 Å². The lowest BCUT2D eigenvalue weighted by molar-refractivity contribution is -0.141. The van der Waals surface area contributed by atoms with Gasteiger partial charge in [-0.2, -0.15) is 0 Å². The van der Waals surface area contributed by atoms with E-state index < -0.39 is 54.4 Å². The standard InChI is InChI=1S/C24H34BrFN6O5/c1-13(2)20(31-21(35)14-5-7-15(25)8-6-14)23(37)32-12-16(33)10-18(32)22(36)30-17(19(34)11-26)4-3-9-29-24(27)28/h5-8,13,16-18,20,33H,3-4,9-12H2,1-2H3,(H,30,36)(H,31,35)(H4,27,28,29). The zero-order valence-corrected chi connectivity index (χ0v) is 22.4. The molecular weight excluding hydrogens is 551 g/mol. The van der Waals surface area contributed by atoms with Crippen LogP contribution in [-0.2, 0) is 14.4 Å². The molecule has 3 amide bonds. The summed E-state index contributed by atoms with van der Waals surface area (Å²) in [6.45, 7) is 2.29. The summed E-state index contributed by atoms with van der Waals surface area (Å²) in [5.41, 5.74) is 10.9. The zero-order valence-electron chi connectivity index (χ0n) is 20.8. The minimum Gasteiger partial charge on any atom is -0.391 e. The molecule has 37 heavy (non-hydrogen) atoms. The molecule has 0 radical (unpaired) electrons. The number of hydrogen-bond donors (Lipinski definition) is 5. The van der Waals surface area contributed by atoms with Gasteiger partial charge in [-0.1, -0.05) is 29.8 Å². The number of aliphatic imine (C=N–C) groups is 1. The van der Waals surface area contributed by atoms with Crippen LogP contribution in [0.2, 0.25) is 0 Å². The molecule has 4 atom stereocenters. The van der Waals surface area contributed by atoms with E-state index in [1.54, 1.807) is 38.1 Å². The Bertz CT molecular complexity index is 1000. The van der Waals surface area contributed by atoms with Gasteiger partial charge in [-0.25, -0.2) is 4.39 Å². The average molecular weight is 585 g/mol. The lowest BCUT2D eigenvalue weighted by atomic mass is 10.0. The van der Waals surface area contributed by atoms with E-state index in [1.807, 2.05) is 0 Å². The number of halogens is 2. The van der Waals surface area contributed by atoms with Gasteiger partial charge < -0.3 is 32.1 Å². The third-order valence-corrected chi connectivity index (χ3v) is 6.50. The van der Waals surface area contributed by atoms with Crippen molar-refractivity contribution in [2.24, 2.45) is 22.4 Å². The Morgan fingerprint density at radius 2 is 1.84 bits per heavy atom. The molecule has 2 rings (SSSR count). The van der Waals surface area contributed by atoms with Gasteiger partial charge in [0.25, 0.3) is 5.91 Å². The first-order chi connectivity index (χ1) is 17.4. The molecule has 1 fully saturated rings. The molecule has 13 heteroatoms. The van der Waals surface area contributed by atoms with Crippen LogP contribution in [0.15, 0.2) is 33.7 Å². The number of likely N-dealkylation sites (tertiary alicyclic amines) is 1. The molecule has 0 bridgehead atoms. The summed E-state index contributed by atoms with van der Waals surface area (Å²) in [5.74, 6) is -2.98. The molecule has 0 saturated carbocycles. The molecule has 1 aliphatic heterocycles. The largest absolute Gasteiger partial charge is 0.391 e. The van der Waals surface area contributed by atoms with Crippen LogP contribution in [0.3, 0.4) is 0 Å². The normalized spacial score (nSPS) is 18.7. The summed E-state index contributed by atoms with van der Waals surface area (Å²) >= 11 is 3.30. The number of guanidine groups is 1. The van der Waals surface area contributed by atoms with Crippen molar-refractivity contribution in [3.05, 3.63) is 34.3 Å². The summed E-state index contributed by atoms with van der Waals surface area (Å²) in [6, 6.07) is 3.40. The van der Waals surface area contributed by atoms with Gasteiger partial charge in [-0.05, 0) is 43.0 Å². The van der Waals surface area contributed by atoms with Gasteiger partial charge in [0.1, 0.15) is 18.8 Å². The van der Waals surface area contributed by atoms with Gasteiger partial charge in [0.05, 0.1) is 12.1 Å². The number of aliphatic hydroxyl groups is 1. The number of ketones is 1. The fourth-order valence-corrected chi connectivity index (χ4v) is 4.27. The number of nitrogens with one attached hydrogen (secondary N) is 2. The maximum Gasteiger partial charge on any atom is 0.251 e. The number of rotatable bonds is 12. The second-order valence-electron chi connectivity index (χ2n) is 9.21. The zero-order chi connectivity index (χ0) is 27.7. The quantitative estimate of drug-likeness (QED) is 0.132. The first kappa shape index (κ1) is 30.2. The highest BCUT2D eigenvalue weighted by molar-refractivity contribution is 9.10. The number of carbonyl (C=O) groups is 4. The molecule has 1 aliphatic rings. The summed E-state index contributed by atoms with van der Waals surface area (Å²) in [6.07, 6.45) is -0.644. The molecule has 0 aliphatic carbocycles. The Kier molecular flexibility index (Phi) is 11.4. The van der Waals surface area contributed by atoms with Crippen molar-refractivity contribution < 1.29 is 28.7 Å². The molecular formula is C24H34BrFN6O5. The monoisotopic (exact) mass is 584 g/mol. The van der Waals surface area contributed by atoms with E-state index in [0.717, 1.165) is 4.47 Å². The van der Waals surface area contributed by atoms with E-state index in [9.17, 15) is 28.7 Å².